The monoisotopic (exact) mass is 221 g/mol. The second-order valence-electron chi connectivity index (χ2n) is 3.36. The van der Waals surface area contributed by atoms with Crippen LogP contribution < -0.4 is 5.32 Å². The first-order chi connectivity index (χ1) is 7.63. The molecule has 0 bridgehead atoms. The van der Waals surface area contributed by atoms with Gasteiger partial charge in [-0.2, -0.15) is 0 Å². The van der Waals surface area contributed by atoms with E-state index in [2.05, 4.69) is 5.32 Å². The summed E-state index contributed by atoms with van der Waals surface area (Å²) in [5, 5.41) is 2.68. The Labute approximate surface area is 94.6 Å². The van der Waals surface area contributed by atoms with E-state index in [1.165, 1.54) is 6.92 Å². The number of rotatable bonds is 4. The number of para-hydroxylation sites is 1. The predicted molar refractivity (Wildman–Crippen MR) is 60.9 cm³/mol. The van der Waals surface area contributed by atoms with Crippen LogP contribution in [0.25, 0.3) is 0 Å². The number of carbonyl (C=O) groups excluding carboxylic acids is 2. The zero-order chi connectivity index (χ0) is 12.0. The lowest BCUT2D eigenvalue weighted by atomic mass is 10.2. The summed E-state index contributed by atoms with van der Waals surface area (Å²) < 4.78 is 4.88. The normalized spacial score (nSPS) is 11.6. The molecule has 4 nitrogen and oxygen atoms in total. The van der Waals surface area contributed by atoms with Gasteiger partial charge in [0.1, 0.15) is 0 Å². The van der Waals surface area contributed by atoms with E-state index in [0.29, 0.717) is 12.1 Å². The zero-order valence-corrected chi connectivity index (χ0v) is 9.40. The van der Waals surface area contributed by atoms with Gasteiger partial charge in [-0.1, -0.05) is 25.1 Å². The van der Waals surface area contributed by atoms with Crippen molar-refractivity contribution in [2.24, 2.45) is 0 Å². The molecule has 86 valence electrons. The molecule has 1 N–H and O–H groups in total. The summed E-state index contributed by atoms with van der Waals surface area (Å²) in [6, 6.07) is 9.06. The Balaban J connectivity index is 2.59. The van der Waals surface area contributed by atoms with E-state index in [4.69, 9.17) is 4.74 Å². The van der Waals surface area contributed by atoms with Crippen LogP contribution in [0.5, 0.6) is 0 Å². The molecule has 0 radical (unpaired) electrons. The summed E-state index contributed by atoms with van der Waals surface area (Å²) >= 11 is 0. The molecule has 0 fully saturated rings. The molecule has 1 aromatic carbocycles. The van der Waals surface area contributed by atoms with E-state index < -0.39 is 12.1 Å². The van der Waals surface area contributed by atoms with Crippen molar-refractivity contribution in [3.63, 3.8) is 0 Å². The van der Waals surface area contributed by atoms with E-state index in [-0.39, 0.29) is 5.91 Å². The maximum atomic E-state index is 11.7. The molecule has 0 spiro atoms. The largest absolute Gasteiger partial charge is 0.452 e. The summed E-state index contributed by atoms with van der Waals surface area (Å²) in [6.45, 7) is 3.08. The molecule has 0 aromatic heterocycles. The van der Waals surface area contributed by atoms with Crippen molar-refractivity contribution in [2.45, 2.75) is 26.4 Å². The molecule has 1 unspecified atom stereocenters. The van der Waals surface area contributed by atoms with E-state index in [9.17, 15) is 9.59 Å². The highest BCUT2D eigenvalue weighted by atomic mass is 16.5. The SMILES string of the molecule is CCC(OC(C)=O)C(=O)Nc1ccccc1. The van der Waals surface area contributed by atoms with Crippen LogP contribution in [-0.2, 0) is 14.3 Å². The molecular formula is C12H15NO3. The van der Waals surface area contributed by atoms with Gasteiger partial charge in [-0.15, -0.1) is 0 Å². The lowest BCUT2D eigenvalue weighted by Gasteiger charge is -2.14. The zero-order valence-electron chi connectivity index (χ0n) is 9.40. The molecule has 0 saturated heterocycles. The highest BCUT2D eigenvalue weighted by Gasteiger charge is 2.19. The van der Waals surface area contributed by atoms with Crippen molar-refractivity contribution in [3.05, 3.63) is 30.3 Å². The van der Waals surface area contributed by atoms with Crippen LogP contribution in [0.3, 0.4) is 0 Å². The number of hydrogen-bond acceptors (Lipinski definition) is 3. The van der Waals surface area contributed by atoms with Crippen molar-refractivity contribution in [1.82, 2.24) is 0 Å². The third-order valence-corrected chi connectivity index (χ3v) is 2.01. The minimum atomic E-state index is -0.724. The average molecular weight is 221 g/mol. The molecule has 0 aliphatic carbocycles. The van der Waals surface area contributed by atoms with E-state index in [1.807, 2.05) is 18.2 Å². The molecule has 4 heteroatoms. The first-order valence-corrected chi connectivity index (χ1v) is 5.16. The highest BCUT2D eigenvalue weighted by Crippen LogP contribution is 2.08. The summed E-state index contributed by atoms with van der Waals surface area (Å²) in [4.78, 5) is 22.5. The fourth-order valence-corrected chi connectivity index (χ4v) is 1.27. The number of hydrogen-bond donors (Lipinski definition) is 1. The lowest BCUT2D eigenvalue weighted by Crippen LogP contribution is -2.31. The molecule has 1 atom stereocenters. The summed E-state index contributed by atoms with van der Waals surface area (Å²) in [5.74, 6) is -0.751. The van der Waals surface area contributed by atoms with Gasteiger partial charge in [0, 0.05) is 12.6 Å². The van der Waals surface area contributed by atoms with Gasteiger partial charge < -0.3 is 10.1 Å². The van der Waals surface area contributed by atoms with Crippen molar-refractivity contribution < 1.29 is 14.3 Å². The Morgan fingerprint density at radius 3 is 2.44 bits per heavy atom. The van der Waals surface area contributed by atoms with Gasteiger partial charge in [-0.25, -0.2) is 0 Å². The second kappa shape index (κ2) is 5.90. The van der Waals surface area contributed by atoms with Crippen LogP contribution in [0.15, 0.2) is 30.3 Å². The van der Waals surface area contributed by atoms with Gasteiger partial charge in [0.05, 0.1) is 0 Å². The smallest absolute Gasteiger partial charge is 0.303 e. The molecule has 1 amide bonds. The van der Waals surface area contributed by atoms with E-state index >= 15 is 0 Å². The molecule has 1 rings (SSSR count). The number of nitrogens with one attached hydrogen (secondary N) is 1. The third kappa shape index (κ3) is 3.73. The van der Waals surface area contributed by atoms with Crippen LogP contribution in [0.4, 0.5) is 5.69 Å². The Kier molecular flexibility index (Phi) is 4.51. The van der Waals surface area contributed by atoms with Crippen LogP contribution in [0.1, 0.15) is 20.3 Å². The topological polar surface area (TPSA) is 55.4 Å². The predicted octanol–water partition coefficient (Wildman–Crippen LogP) is 1.97. The summed E-state index contributed by atoms with van der Waals surface area (Å²) in [7, 11) is 0. The van der Waals surface area contributed by atoms with Gasteiger partial charge in [-0.3, -0.25) is 9.59 Å². The fraction of sp³-hybridized carbons (Fsp3) is 0.333. The number of ether oxygens (including phenoxy) is 1. The number of anilines is 1. The number of esters is 1. The van der Waals surface area contributed by atoms with Gasteiger partial charge in [0.25, 0.3) is 5.91 Å². The molecule has 0 heterocycles. The van der Waals surface area contributed by atoms with Gasteiger partial charge in [0.2, 0.25) is 0 Å². The number of benzene rings is 1. The van der Waals surface area contributed by atoms with E-state index in [0.717, 1.165) is 0 Å². The molecule has 0 aliphatic heterocycles. The Morgan fingerprint density at radius 1 is 1.31 bits per heavy atom. The third-order valence-electron chi connectivity index (χ3n) is 2.01. The van der Waals surface area contributed by atoms with Gasteiger partial charge >= 0.3 is 5.97 Å². The molecule has 1 aromatic rings. The van der Waals surface area contributed by atoms with Gasteiger partial charge in [0.15, 0.2) is 6.10 Å². The van der Waals surface area contributed by atoms with Crippen molar-refractivity contribution >= 4 is 17.6 Å². The van der Waals surface area contributed by atoms with Crippen molar-refractivity contribution in [3.8, 4) is 0 Å². The van der Waals surface area contributed by atoms with Crippen LogP contribution >= 0.6 is 0 Å². The number of carbonyl (C=O) groups is 2. The first-order valence-electron chi connectivity index (χ1n) is 5.16. The Bertz CT molecular complexity index is 362. The highest BCUT2D eigenvalue weighted by molar-refractivity contribution is 5.95. The van der Waals surface area contributed by atoms with Crippen LogP contribution in [-0.4, -0.2) is 18.0 Å². The Morgan fingerprint density at radius 2 is 1.94 bits per heavy atom. The first kappa shape index (κ1) is 12.2. The minimum Gasteiger partial charge on any atom is -0.452 e. The maximum Gasteiger partial charge on any atom is 0.303 e. The summed E-state index contributed by atoms with van der Waals surface area (Å²) in [5.41, 5.74) is 0.693. The molecular weight excluding hydrogens is 206 g/mol. The quantitative estimate of drug-likeness (QED) is 0.791. The van der Waals surface area contributed by atoms with Crippen LogP contribution in [0.2, 0.25) is 0 Å². The average Bonchev–Trinajstić information content (AvgIpc) is 2.26. The summed E-state index contributed by atoms with van der Waals surface area (Å²) in [6.07, 6.45) is -0.268. The Hall–Kier alpha value is -1.84. The van der Waals surface area contributed by atoms with E-state index in [1.54, 1.807) is 19.1 Å². The van der Waals surface area contributed by atoms with Crippen molar-refractivity contribution in [2.75, 3.05) is 5.32 Å². The number of amides is 1. The standard InChI is InChI=1S/C12H15NO3/c1-3-11(16-9(2)14)12(15)13-10-7-5-4-6-8-10/h4-8,11H,3H2,1-2H3,(H,13,15). The lowest BCUT2D eigenvalue weighted by molar-refractivity contribution is -0.152. The second-order valence-corrected chi connectivity index (χ2v) is 3.36. The maximum absolute atomic E-state index is 11.7. The van der Waals surface area contributed by atoms with Crippen molar-refractivity contribution in [1.29, 1.82) is 0 Å². The fourth-order valence-electron chi connectivity index (χ4n) is 1.27. The van der Waals surface area contributed by atoms with Gasteiger partial charge in [-0.05, 0) is 18.6 Å². The molecule has 0 saturated carbocycles. The molecule has 16 heavy (non-hydrogen) atoms. The minimum absolute atomic E-state index is 0.302. The van der Waals surface area contributed by atoms with Crippen LogP contribution in [0, 0.1) is 0 Å². The molecule has 0 aliphatic rings.